The second kappa shape index (κ2) is 6.33. The molecule has 2 nitrogen and oxygen atoms in total. The van der Waals surface area contributed by atoms with E-state index in [1.807, 2.05) is 6.07 Å². The third-order valence-corrected chi connectivity index (χ3v) is 3.95. The van der Waals surface area contributed by atoms with Crippen LogP contribution in [0.5, 0.6) is 0 Å². The van der Waals surface area contributed by atoms with Gasteiger partial charge in [0.1, 0.15) is 11.9 Å². The van der Waals surface area contributed by atoms with Gasteiger partial charge in [-0.15, -0.1) is 0 Å². The Bertz CT molecular complexity index is 696. The van der Waals surface area contributed by atoms with Gasteiger partial charge in [0, 0.05) is 16.6 Å². The minimum atomic E-state index is -0.570. The van der Waals surface area contributed by atoms with E-state index < -0.39 is 5.82 Å². The number of halogens is 4. The lowest BCUT2D eigenvalue weighted by molar-refractivity contribution is 0.609. The summed E-state index contributed by atoms with van der Waals surface area (Å²) in [4.78, 5) is 0. The van der Waals surface area contributed by atoms with Gasteiger partial charge in [-0.25, -0.2) is 8.78 Å². The predicted molar refractivity (Wildman–Crippen MR) is 80.2 cm³/mol. The Kier molecular flexibility index (Phi) is 4.73. The van der Waals surface area contributed by atoms with Crippen molar-refractivity contribution in [2.45, 2.75) is 6.54 Å². The van der Waals surface area contributed by atoms with Crippen molar-refractivity contribution >= 4 is 37.5 Å². The zero-order valence-electron chi connectivity index (χ0n) is 10.1. The molecule has 0 atom stereocenters. The van der Waals surface area contributed by atoms with E-state index in [0.717, 1.165) is 4.47 Å². The lowest BCUT2D eigenvalue weighted by Crippen LogP contribution is -2.04. The molecule has 0 saturated heterocycles. The van der Waals surface area contributed by atoms with Crippen molar-refractivity contribution in [2.75, 3.05) is 5.32 Å². The molecule has 2 rings (SSSR count). The monoisotopic (exact) mass is 400 g/mol. The highest BCUT2D eigenvalue weighted by molar-refractivity contribution is 9.10. The van der Waals surface area contributed by atoms with Crippen LogP contribution in [0.3, 0.4) is 0 Å². The average molecular weight is 402 g/mol. The molecule has 0 aliphatic carbocycles. The second-order valence-corrected chi connectivity index (χ2v) is 5.70. The fraction of sp³-hybridized carbons (Fsp3) is 0.0714. The standard InChI is InChI=1S/C14H8Br2F2N2/c15-10-2-3-11(17)9(5-10)7-20-12-4-1-8(6-19)13(16)14(12)18/h1-5,20H,7H2. The molecule has 20 heavy (non-hydrogen) atoms. The first kappa shape index (κ1) is 14.9. The molecule has 0 radical (unpaired) electrons. The molecule has 0 aliphatic rings. The Hall–Kier alpha value is -1.45. The van der Waals surface area contributed by atoms with Gasteiger partial charge in [0.2, 0.25) is 0 Å². The molecule has 0 spiro atoms. The van der Waals surface area contributed by atoms with Crippen LogP contribution < -0.4 is 5.32 Å². The van der Waals surface area contributed by atoms with Gasteiger partial charge in [0.05, 0.1) is 15.7 Å². The summed E-state index contributed by atoms with van der Waals surface area (Å²) in [5.41, 5.74) is 0.830. The van der Waals surface area contributed by atoms with E-state index in [1.165, 1.54) is 18.2 Å². The number of nitrogens with one attached hydrogen (secondary N) is 1. The minimum Gasteiger partial charge on any atom is -0.378 e. The molecular formula is C14H8Br2F2N2. The molecular weight excluding hydrogens is 394 g/mol. The van der Waals surface area contributed by atoms with E-state index in [9.17, 15) is 8.78 Å². The molecule has 2 aromatic carbocycles. The number of benzene rings is 2. The quantitative estimate of drug-likeness (QED) is 0.787. The number of rotatable bonds is 3. The summed E-state index contributed by atoms with van der Waals surface area (Å²) in [6, 6.07) is 9.38. The van der Waals surface area contributed by atoms with Gasteiger partial charge < -0.3 is 5.32 Å². The average Bonchev–Trinajstić information content (AvgIpc) is 2.44. The number of anilines is 1. The van der Waals surface area contributed by atoms with Crippen LogP contribution in [-0.4, -0.2) is 0 Å². The zero-order valence-corrected chi connectivity index (χ0v) is 13.2. The first-order valence-corrected chi connectivity index (χ1v) is 7.17. The van der Waals surface area contributed by atoms with E-state index in [2.05, 4.69) is 37.2 Å². The van der Waals surface area contributed by atoms with Crippen LogP contribution in [0.15, 0.2) is 39.3 Å². The maximum absolute atomic E-state index is 14.0. The fourth-order valence-corrected chi connectivity index (χ4v) is 2.48. The SMILES string of the molecule is N#Cc1ccc(NCc2cc(Br)ccc2F)c(F)c1Br. The number of nitrogens with zero attached hydrogens (tertiary/aromatic N) is 1. The summed E-state index contributed by atoms with van der Waals surface area (Å²) in [6.07, 6.45) is 0. The van der Waals surface area contributed by atoms with Crippen molar-refractivity contribution in [1.29, 1.82) is 5.26 Å². The van der Waals surface area contributed by atoms with Crippen molar-refractivity contribution in [1.82, 2.24) is 0 Å². The Labute approximate surface area is 131 Å². The summed E-state index contributed by atoms with van der Waals surface area (Å²) in [5, 5.41) is 11.6. The third kappa shape index (κ3) is 3.17. The van der Waals surface area contributed by atoms with Crippen LogP contribution in [0.1, 0.15) is 11.1 Å². The summed E-state index contributed by atoms with van der Waals surface area (Å²) in [5.74, 6) is -0.937. The summed E-state index contributed by atoms with van der Waals surface area (Å²) < 4.78 is 28.4. The summed E-state index contributed by atoms with van der Waals surface area (Å²) >= 11 is 6.28. The van der Waals surface area contributed by atoms with E-state index in [-0.39, 0.29) is 28.1 Å². The molecule has 0 saturated carbocycles. The van der Waals surface area contributed by atoms with Gasteiger partial charge in [0.25, 0.3) is 0 Å². The van der Waals surface area contributed by atoms with Gasteiger partial charge in [-0.2, -0.15) is 5.26 Å². The number of nitriles is 1. The van der Waals surface area contributed by atoms with Gasteiger partial charge in [-0.3, -0.25) is 0 Å². The molecule has 0 heterocycles. The van der Waals surface area contributed by atoms with Crippen LogP contribution in [0.2, 0.25) is 0 Å². The van der Waals surface area contributed by atoms with E-state index in [4.69, 9.17) is 5.26 Å². The van der Waals surface area contributed by atoms with Crippen LogP contribution in [0, 0.1) is 23.0 Å². The number of hydrogen-bond acceptors (Lipinski definition) is 2. The number of hydrogen-bond donors (Lipinski definition) is 1. The van der Waals surface area contributed by atoms with Gasteiger partial charge in [0.15, 0.2) is 5.82 Å². The largest absolute Gasteiger partial charge is 0.378 e. The van der Waals surface area contributed by atoms with E-state index in [1.54, 1.807) is 12.1 Å². The molecule has 0 fully saturated rings. The molecule has 0 aromatic heterocycles. The molecule has 2 aromatic rings. The van der Waals surface area contributed by atoms with Crippen LogP contribution in [0.4, 0.5) is 14.5 Å². The smallest absolute Gasteiger partial charge is 0.161 e. The van der Waals surface area contributed by atoms with E-state index >= 15 is 0 Å². The molecule has 1 N–H and O–H groups in total. The lowest BCUT2D eigenvalue weighted by atomic mass is 10.2. The van der Waals surface area contributed by atoms with Crippen LogP contribution >= 0.6 is 31.9 Å². The maximum atomic E-state index is 14.0. The highest BCUT2D eigenvalue weighted by Crippen LogP contribution is 2.27. The van der Waals surface area contributed by atoms with Crippen molar-refractivity contribution < 1.29 is 8.78 Å². The highest BCUT2D eigenvalue weighted by Gasteiger charge is 2.11. The lowest BCUT2D eigenvalue weighted by Gasteiger charge is -2.10. The van der Waals surface area contributed by atoms with Gasteiger partial charge in [-0.1, -0.05) is 15.9 Å². The molecule has 0 unspecified atom stereocenters. The molecule has 102 valence electrons. The minimum absolute atomic E-state index is 0.0970. The zero-order chi connectivity index (χ0) is 14.7. The Morgan fingerprint density at radius 1 is 1.15 bits per heavy atom. The van der Waals surface area contributed by atoms with Gasteiger partial charge in [-0.05, 0) is 46.3 Å². The molecule has 6 heteroatoms. The Balaban J connectivity index is 2.22. The van der Waals surface area contributed by atoms with E-state index in [0.29, 0.717) is 5.56 Å². The molecule has 0 amide bonds. The predicted octanol–water partition coefficient (Wildman–Crippen LogP) is 4.97. The normalized spacial score (nSPS) is 10.2. The first-order chi connectivity index (χ1) is 9.52. The van der Waals surface area contributed by atoms with Crippen LogP contribution in [-0.2, 0) is 6.54 Å². The van der Waals surface area contributed by atoms with Crippen molar-refractivity contribution in [3.8, 4) is 6.07 Å². The Morgan fingerprint density at radius 2 is 1.90 bits per heavy atom. The summed E-state index contributed by atoms with van der Waals surface area (Å²) in [6.45, 7) is 0.139. The topological polar surface area (TPSA) is 35.8 Å². The van der Waals surface area contributed by atoms with Gasteiger partial charge >= 0.3 is 0 Å². The maximum Gasteiger partial charge on any atom is 0.161 e. The van der Waals surface area contributed by atoms with Crippen LogP contribution in [0.25, 0.3) is 0 Å². The summed E-state index contributed by atoms with van der Waals surface area (Å²) in [7, 11) is 0. The highest BCUT2D eigenvalue weighted by atomic mass is 79.9. The first-order valence-electron chi connectivity index (χ1n) is 5.59. The Morgan fingerprint density at radius 3 is 2.60 bits per heavy atom. The third-order valence-electron chi connectivity index (χ3n) is 2.68. The fourth-order valence-electron chi connectivity index (χ4n) is 1.64. The molecule has 0 bridgehead atoms. The van der Waals surface area contributed by atoms with Crippen molar-refractivity contribution in [2.24, 2.45) is 0 Å². The van der Waals surface area contributed by atoms with Crippen molar-refractivity contribution in [3.05, 3.63) is 62.0 Å². The van der Waals surface area contributed by atoms with Crippen molar-refractivity contribution in [3.63, 3.8) is 0 Å². The molecule has 0 aliphatic heterocycles. The second-order valence-electron chi connectivity index (χ2n) is 3.99.